The van der Waals surface area contributed by atoms with Gasteiger partial charge < -0.3 is 4.98 Å². The van der Waals surface area contributed by atoms with Crippen molar-refractivity contribution in [2.45, 2.75) is 6.92 Å². The molecule has 0 atom stereocenters. The number of fused-ring (bicyclic) bond motifs is 2. The number of hydrogen-bond acceptors (Lipinski definition) is 4. The standard InChI is InChI=1S/C21H13ClN4O/c1-12-6-7-13-9-14(19(22)24-18(13)8-12)10-15(11-23)20-25-17-5-3-2-4-16(17)21(27)26-20/h2-10H,1H3,(H,25,26,27). The van der Waals surface area contributed by atoms with E-state index in [9.17, 15) is 10.1 Å². The summed E-state index contributed by atoms with van der Waals surface area (Å²) in [5, 5.41) is 11.3. The van der Waals surface area contributed by atoms with Gasteiger partial charge in [-0.05, 0) is 42.8 Å². The van der Waals surface area contributed by atoms with Crippen LogP contribution in [0.4, 0.5) is 0 Å². The normalized spacial score (nSPS) is 11.7. The van der Waals surface area contributed by atoms with Crippen LogP contribution in [0.5, 0.6) is 0 Å². The van der Waals surface area contributed by atoms with Gasteiger partial charge in [0.25, 0.3) is 5.56 Å². The Labute approximate surface area is 159 Å². The fourth-order valence-electron chi connectivity index (χ4n) is 2.89. The van der Waals surface area contributed by atoms with Crippen LogP contribution in [-0.4, -0.2) is 15.0 Å². The molecular weight excluding hydrogens is 360 g/mol. The molecule has 1 N–H and O–H groups in total. The molecule has 27 heavy (non-hydrogen) atoms. The topological polar surface area (TPSA) is 82.4 Å². The zero-order valence-corrected chi connectivity index (χ0v) is 15.1. The first-order chi connectivity index (χ1) is 13.0. The number of nitrogens with one attached hydrogen (secondary N) is 1. The van der Waals surface area contributed by atoms with Crippen molar-refractivity contribution in [1.82, 2.24) is 15.0 Å². The van der Waals surface area contributed by atoms with E-state index < -0.39 is 0 Å². The number of H-pyrrole nitrogens is 1. The first-order valence-electron chi connectivity index (χ1n) is 8.23. The summed E-state index contributed by atoms with van der Waals surface area (Å²) in [4.78, 5) is 23.7. The Balaban J connectivity index is 1.88. The zero-order valence-electron chi connectivity index (χ0n) is 14.3. The third-order valence-electron chi connectivity index (χ3n) is 4.24. The Bertz CT molecular complexity index is 1330. The van der Waals surface area contributed by atoms with Crippen molar-refractivity contribution < 1.29 is 0 Å². The van der Waals surface area contributed by atoms with Gasteiger partial charge in [0.05, 0.1) is 22.0 Å². The van der Waals surface area contributed by atoms with E-state index in [0.717, 1.165) is 16.5 Å². The molecule has 0 aliphatic carbocycles. The highest BCUT2D eigenvalue weighted by Gasteiger charge is 2.10. The Morgan fingerprint density at radius 3 is 2.78 bits per heavy atom. The number of rotatable bonds is 2. The smallest absolute Gasteiger partial charge is 0.259 e. The molecule has 0 aliphatic heterocycles. The van der Waals surface area contributed by atoms with E-state index >= 15 is 0 Å². The molecule has 0 fully saturated rings. The second kappa shape index (κ2) is 6.67. The van der Waals surface area contributed by atoms with Crippen LogP contribution in [-0.2, 0) is 0 Å². The van der Waals surface area contributed by atoms with Gasteiger partial charge in [-0.15, -0.1) is 0 Å². The van der Waals surface area contributed by atoms with E-state index in [1.165, 1.54) is 0 Å². The molecule has 0 aliphatic rings. The molecule has 6 heteroatoms. The molecule has 0 amide bonds. The van der Waals surface area contributed by atoms with Crippen molar-refractivity contribution in [3.63, 3.8) is 0 Å². The van der Waals surface area contributed by atoms with Crippen molar-refractivity contribution in [2.24, 2.45) is 0 Å². The van der Waals surface area contributed by atoms with Crippen molar-refractivity contribution in [3.05, 3.63) is 81.0 Å². The number of nitriles is 1. The number of aromatic nitrogens is 3. The summed E-state index contributed by atoms with van der Waals surface area (Å²) in [6.07, 6.45) is 1.58. The minimum Gasteiger partial charge on any atom is -0.305 e. The molecule has 2 aromatic carbocycles. The van der Waals surface area contributed by atoms with Gasteiger partial charge in [0.2, 0.25) is 0 Å². The number of pyridine rings is 1. The highest BCUT2D eigenvalue weighted by molar-refractivity contribution is 6.31. The maximum atomic E-state index is 12.3. The number of aryl methyl sites for hydroxylation is 1. The van der Waals surface area contributed by atoms with Crippen molar-refractivity contribution in [3.8, 4) is 6.07 Å². The lowest BCUT2D eigenvalue weighted by Gasteiger charge is -2.05. The predicted molar refractivity (Wildman–Crippen MR) is 107 cm³/mol. The van der Waals surface area contributed by atoms with Crippen LogP contribution in [0.1, 0.15) is 17.0 Å². The molecule has 0 unspecified atom stereocenters. The van der Waals surface area contributed by atoms with Crippen LogP contribution < -0.4 is 5.56 Å². The van der Waals surface area contributed by atoms with Gasteiger partial charge in [-0.3, -0.25) is 4.79 Å². The number of aromatic amines is 1. The van der Waals surface area contributed by atoms with E-state index in [0.29, 0.717) is 16.5 Å². The molecule has 2 aromatic heterocycles. The third-order valence-corrected chi connectivity index (χ3v) is 4.54. The third kappa shape index (κ3) is 3.19. The summed E-state index contributed by atoms with van der Waals surface area (Å²) >= 11 is 6.31. The highest BCUT2D eigenvalue weighted by Crippen LogP contribution is 2.25. The number of para-hydroxylation sites is 1. The molecule has 0 saturated carbocycles. The molecule has 4 rings (SSSR count). The quantitative estimate of drug-likeness (QED) is 0.415. The highest BCUT2D eigenvalue weighted by atomic mass is 35.5. The van der Waals surface area contributed by atoms with Crippen LogP contribution >= 0.6 is 11.6 Å². The van der Waals surface area contributed by atoms with Crippen molar-refractivity contribution in [2.75, 3.05) is 0 Å². The summed E-state index contributed by atoms with van der Waals surface area (Å²) in [5.74, 6) is 0.196. The number of benzene rings is 2. The Kier molecular flexibility index (Phi) is 4.19. The molecule has 2 heterocycles. The summed E-state index contributed by atoms with van der Waals surface area (Å²) in [6.45, 7) is 1.98. The molecule has 5 nitrogen and oxygen atoms in total. The average molecular weight is 373 g/mol. The molecule has 130 valence electrons. The van der Waals surface area contributed by atoms with Gasteiger partial charge in [0.1, 0.15) is 11.2 Å². The summed E-state index contributed by atoms with van der Waals surface area (Å²) in [5.41, 5.74) is 2.89. The van der Waals surface area contributed by atoms with Crippen molar-refractivity contribution >= 4 is 45.1 Å². The first kappa shape index (κ1) is 17.0. The number of allylic oxidation sites excluding steroid dienone is 1. The maximum absolute atomic E-state index is 12.3. The molecule has 0 saturated heterocycles. The molecule has 0 bridgehead atoms. The first-order valence-corrected chi connectivity index (χ1v) is 8.61. The summed E-state index contributed by atoms with van der Waals surface area (Å²) in [7, 11) is 0. The van der Waals surface area contributed by atoms with E-state index in [-0.39, 0.29) is 22.1 Å². The molecule has 0 radical (unpaired) electrons. The van der Waals surface area contributed by atoms with E-state index in [1.807, 2.05) is 31.2 Å². The molecule has 0 spiro atoms. The van der Waals surface area contributed by atoms with E-state index in [4.69, 9.17) is 11.6 Å². The van der Waals surface area contributed by atoms with Gasteiger partial charge in [0, 0.05) is 10.9 Å². The van der Waals surface area contributed by atoms with Crippen LogP contribution in [0.25, 0.3) is 33.5 Å². The SMILES string of the molecule is Cc1ccc2cc(C=C(C#N)c3nc4ccccc4c(=O)[nH]3)c(Cl)nc2c1. The van der Waals surface area contributed by atoms with Gasteiger partial charge in [-0.1, -0.05) is 35.9 Å². The maximum Gasteiger partial charge on any atom is 0.259 e. The molecule has 4 aromatic rings. The molecular formula is C21H13ClN4O. The van der Waals surface area contributed by atoms with Crippen LogP contribution in [0.3, 0.4) is 0 Å². The van der Waals surface area contributed by atoms with Crippen LogP contribution in [0, 0.1) is 18.3 Å². The minimum atomic E-state index is -0.296. The van der Waals surface area contributed by atoms with Crippen molar-refractivity contribution in [1.29, 1.82) is 5.26 Å². The summed E-state index contributed by atoms with van der Waals surface area (Å²) < 4.78 is 0. The second-order valence-electron chi connectivity index (χ2n) is 6.17. The predicted octanol–water partition coefficient (Wildman–Crippen LogP) is 4.50. The lowest BCUT2D eigenvalue weighted by atomic mass is 10.1. The largest absolute Gasteiger partial charge is 0.305 e. The number of nitrogens with zero attached hydrogens (tertiary/aromatic N) is 3. The fraction of sp³-hybridized carbons (Fsp3) is 0.0476. The lowest BCUT2D eigenvalue weighted by Crippen LogP contribution is -2.11. The van der Waals surface area contributed by atoms with Gasteiger partial charge in [-0.2, -0.15) is 5.26 Å². The fourth-order valence-corrected chi connectivity index (χ4v) is 3.09. The van der Waals surface area contributed by atoms with Gasteiger partial charge in [-0.25, -0.2) is 9.97 Å². The Hall–Kier alpha value is -3.49. The average Bonchev–Trinajstić information content (AvgIpc) is 2.66. The summed E-state index contributed by atoms with van der Waals surface area (Å²) in [6, 6.07) is 16.8. The van der Waals surface area contributed by atoms with Crippen LogP contribution in [0.2, 0.25) is 5.15 Å². The zero-order chi connectivity index (χ0) is 19.0. The van der Waals surface area contributed by atoms with Crippen LogP contribution in [0.15, 0.2) is 53.3 Å². The second-order valence-corrected chi connectivity index (χ2v) is 6.52. The monoisotopic (exact) mass is 372 g/mol. The van der Waals surface area contributed by atoms with E-state index in [1.54, 1.807) is 30.3 Å². The number of halogens is 1. The number of hydrogen-bond donors (Lipinski definition) is 1. The Morgan fingerprint density at radius 2 is 1.96 bits per heavy atom. The van der Waals surface area contributed by atoms with Gasteiger partial charge >= 0.3 is 0 Å². The minimum absolute atomic E-state index is 0.196. The van der Waals surface area contributed by atoms with E-state index in [2.05, 4.69) is 21.0 Å². The Morgan fingerprint density at radius 1 is 1.15 bits per heavy atom. The lowest BCUT2D eigenvalue weighted by molar-refractivity contribution is 1.13. The van der Waals surface area contributed by atoms with Gasteiger partial charge in [0.15, 0.2) is 5.82 Å².